The van der Waals surface area contributed by atoms with Gasteiger partial charge in [0.25, 0.3) is 0 Å². The van der Waals surface area contributed by atoms with Gasteiger partial charge < -0.3 is 29.4 Å². The van der Waals surface area contributed by atoms with Gasteiger partial charge in [0, 0.05) is 17.0 Å². The topological polar surface area (TPSA) is 96.8 Å². The van der Waals surface area contributed by atoms with Crippen LogP contribution in [-0.4, -0.2) is 63.9 Å². The van der Waals surface area contributed by atoms with Crippen LogP contribution in [0.25, 0.3) is 22.3 Å². The molecule has 6 rings (SSSR count). The van der Waals surface area contributed by atoms with Gasteiger partial charge in [-0.15, -0.1) is 0 Å². The van der Waals surface area contributed by atoms with Gasteiger partial charge >= 0.3 is 0 Å². The Balaban J connectivity index is 1.25. The number of benzene rings is 1. The Bertz CT molecular complexity index is 1160. The number of nitrogens with one attached hydrogen (secondary N) is 1. The van der Waals surface area contributed by atoms with E-state index in [-0.39, 0.29) is 36.4 Å². The van der Waals surface area contributed by atoms with E-state index in [0.717, 1.165) is 35.0 Å². The molecular formula is C24H25ClN2O5. The minimum Gasteiger partial charge on any atom is -0.470 e. The molecule has 2 aliphatic heterocycles. The van der Waals surface area contributed by atoms with E-state index in [1.165, 1.54) is 0 Å². The van der Waals surface area contributed by atoms with Gasteiger partial charge in [0.05, 0.1) is 41.1 Å². The lowest BCUT2D eigenvalue weighted by Crippen LogP contribution is -2.34. The van der Waals surface area contributed by atoms with Crippen molar-refractivity contribution in [2.24, 2.45) is 0 Å². The van der Waals surface area contributed by atoms with Gasteiger partial charge in [-0.05, 0) is 31.4 Å². The number of aliphatic hydroxyl groups is 2. The fourth-order valence-corrected chi connectivity index (χ4v) is 5.28. The normalized spacial score (nSPS) is 29.2. The lowest BCUT2D eigenvalue weighted by Gasteiger charge is -2.19. The third kappa shape index (κ3) is 3.23. The molecule has 2 aromatic heterocycles. The molecule has 0 amide bonds. The van der Waals surface area contributed by atoms with Crippen LogP contribution in [0.1, 0.15) is 25.3 Å². The number of aromatic amines is 1. The average molecular weight is 457 g/mol. The molecule has 3 unspecified atom stereocenters. The lowest BCUT2D eigenvalue weighted by atomic mass is 9.90. The smallest absolute Gasteiger partial charge is 0.193 e. The molecule has 3 fully saturated rings. The Morgan fingerprint density at radius 1 is 1.16 bits per heavy atom. The van der Waals surface area contributed by atoms with E-state index in [0.29, 0.717) is 23.2 Å². The Morgan fingerprint density at radius 3 is 2.62 bits per heavy atom. The molecular weight excluding hydrogens is 432 g/mol. The van der Waals surface area contributed by atoms with Crippen LogP contribution in [0.5, 0.6) is 5.88 Å². The van der Waals surface area contributed by atoms with E-state index in [1.807, 2.05) is 31.2 Å². The van der Waals surface area contributed by atoms with Crippen LogP contribution in [0.2, 0.25) is 5.02 Å². The van der Waals surface area contributed by atoms with Crippen LogP contribution in [0.3, 0.4) is 0 Å². The molecule has 168 valence electrons. The first-order valence-electron chi connectivity index (χ1n) is 11.0. The number of aromatic nitrogens is 2. The average Bonchev–Trinajstić information content (AvgIpc) is 3.18. The molecule has 0 bridgehead atoms. The van der Waals surface area contributed by atoms with Gasteiger partial charge in [0.1, 0.15) is 18.3 Å². The van der Waals surface area contributed by atoms with Crippen molar-refractivity contribution in [3.05, 3.63) is 47.0 Å². The Hall–Kier alpha value is -2.16. The molecule has 3 N–H and O–H groups in total. The summed E-state index contributed by atoms with van der Waals surface area (Å²) in [5.74, 6) is 0.558. The summed E-state index contributed by atoms with van der Waals surface area (Å²) in [6.07, 6.45) is 0.145. The second-order valence-electron chi connectivity index (χ2n) is 9.11. The lowest BCUT2D eigenvalue weighted by molar-refractivity contribution is 0.00794. The van der Waals surface area contributed by atoms with E-state index >= 15 is 0 Å². The van der Waals surface area contributed by atoms with E-state index in [1.54, 1.807) is 0 Å². The third-order valence-electron chi connectivity index (χ3n) is 7.11. The van der Waals surface area contributed by atoms with Crippen molar-refractivity contribution in [3.8, 4) is 17.1 Å². The van der Waals surface area contributed by atoms with Crippen molar-refractivity contribution in [2.45, 2.75) is 55.7 Å². The number of nitrogens with zero attached hydrogens (tertiary/aromatic N) is 1. The summed E-state index contributed by atoms with van der Waals surface area (Å²) >= 11 is 6.57. The predicted octanol–water partition coefficient (Wildman–Crippen LogP) is 3.20. The second-order valence-corrected chi connectivity index (χ2v) is 9.52. The Morgan fingerprint density at radius 2 is 1.91 bits per heavy atom. The maximum atomic E-state index is 10.1. The standard InChI is InChI=1S/C24H25ClN2O5/c1-12(28)24(6-7-24)14-4-2-13(3-5-14)21-15(25)8-16-17(27-21)9-20(26-16)32-19-11-31-22-18(29)10-30-23(19)22/h2-5,8-9,12,18-19,22-23,26,28-29H,6-7,10-11H2,1H3/t12?,18-,19-,22?,23?/m1/s1. The monoisotopic (exact) mass is 456 g/mol. The highest BCUT2D eigenvalue weighted by Crippen LogP contribution is 2.51. The van der Waals surface area contributed by atoms with Gasteiger partial charge in [0.2, 0.25) is 0 Å². The van der Waals surface area contributed by atoms with Crippen LogP contribution in [0.15, 0.2) is 36.4 Å². The van der Waals surface area contributed by atoms with Gasteiger partial charge in [0.15, 0.2) is 12.0 Å². The number of fused-ring (bicyclic) bond motifs is 2. The molecule has 0 radical (unpaired) electrons. The van der Waals surface area contributed by atoms with E-state index in [4.69, 9.17) is 30.8 Å². The fraction of sp³-hybridized carbons (Fsp3) is 0.458. The summed E-state index contributed by atoms with van der Waals surface area (Å²) in [7, 11) is 0. The minimum atomic E-state index is -0.610. The molecule has 1 aliphatic carbocycles. The van der Waals surface area contributed by atoms with Gasteiger partial charge in [-0.1, -0.05) is 35.9 Å². The van der Waals surface area contributed by atoms with Crippen LogP contribution >= 0.6 is 11.6 Å². The molecule has 3 aliphatic rings. The summed E-state index contributed by atoms with van der Waals surface area (Å²) in [4.78, 5) is 7.98. The van der Waals surface area contributed by atoms with Gasteiger partial charge in [-0.2, -0.15) is 0 Å². The first-order chi connectivity index (χ1) is 15.4. The number of H-pyrrole nitrogens is 1. The summed E-state index contributed by atoms with van der Waals surface area (Å²) < 4.78 is 17.3. The number of ether oxygens (including phenoxy) is 3. The first-order valence-corrected chi connectivity index (χ1v) is 11.4. The zero-order valence-corrected chi connectivity index (χ0v) is 18.4. The molecule has 32 heavy (non-hydrogen) atoms. The van der Waals surface area contributed by atoms with Crippen LogP contribution in [0, 0.1) is 0 Å². The van der Waals surface area contributed by atoms with Crippen LogP contribution in [0.4, 0.5) is 0 Å². The van der Waals surface area contributed by atoms with Crippen molar-refractivity contribution in [2.75, 3.05) is 13.2 Å². The molecule has 4 heterocycles. The summed E-state index contributed by atoms with van der Waals surface area (Å²) in [6.45, 7) is 2.48. The maximum absolute atomic E-state index is 10.1. The summed E-state index contributed by atoms with van der Waals surface area (Å²) in [6, 6.07) is 11.9. The number of pyridine rings is 1. The Kier molecular flexibility index (Phi) is 4.75. The SMILES string of the molecule is CC(O)C1(c2ccc(-c3nc4cc(O[C@@H]5COC6C5OC[C@H]6O)[nH]c4cc3Cl)cc2)CC1. The maximum Gasteiger partial charge on any atom is 0.193 e. The fourth-order valence-electron chi connectivity index (χ4n) is 5.02. The largest absolute Gasteiger partial charge is 0.470 e. The number of halogens is 1. The number of aliphatic hydroxyl groups excluding tert-OH is 2. The zero-order chi connectivity index (χ0) is 22.0. The van der Waals surface area contributed by atoms with Crippen LogP contribution in [-0.2, 0) is 14.9 Å². The molecule has 3 aromatic rings. The summed E-state index contributed by atoms with van der Waals surface area (Å²) in [5, 5.41) is 20.6. The highest BCUT2D eigenvalue weighted by atomic mass is 35.5. The van der Waals surface area contributed by atoms with Gasteiger partial charge in [-0.25, -0.2) is 4.98 Å². The van der Waals surface area contributed by atoms with E-state index < -0.39 is 6.10 Å². The van der Waals surface area contributed by atoms with Crippen molar-refractivity contribution >= 4 is 22.6 Å². The number of hydrogen-bond donors (Lipinski definition) is 3. The second kappa shape index (κ2) is 7.43. The van der Waals surface area contributed by atoms with Crippen molar-refractivity contribution in [1.29, 1.82) is 0 Å². The van der Waals surface area contributed by atoms with Crippen molar-refractivity contribution in [1.82, 2.24) is 9.97 Å². The molecule has 7 nitrogen and oxygen atoms in total. The first kappa shape index (κ1) is 20.4. The van der Waals surface area contributed by atoms with Crippen LogP contribution < -0.4 is 4.74 Å². The summed E-state index contributed by atoms with van der Waals surface area (Å²) in [5.41, 5.74) is 4.19. The quantitative estimate of drug-likeness (QED) is 0.545. The predicted molar refractivity (Wildman–Crippen MR) is 119 cm³/mol. The molecule has 8 heteroatoms. The third-order valence-corrected chi connectivity index (χ3v) is 7.40. The van der Waals surface area contributed by atoms with Gasteiger partial charge in [-0.3, -0.25) is 0 Å². The molecule has 2 saturated heterocycles. The highest BCUT2D eigenvalue weighted by Gasteiger charge is 2.49. The number of hydrogen-bond acceptors (Lipinski definition) is 6. The van der Waals surface area contributed by atoms with E-state index in [2.05, 4.69) is 17.1 Å². The molecule has 0 spiro atoms. The highest BCUT2D eigenvalue weighted by molar-refractivity contribution is 6.33. The molecule has 5 atom stereocenters. The van der Waals surface area contributed by atoms with Crippen molar-refractivity contribution in [3.63, 3.8) is 0 Å². The molecule has 1 aromatic carbocycles. The number of rotatable bonds is 5. The molecule has 1 saturated carbocycles. The zero-order valence-electron chi connectivity index (χ0n) is 17.6. The van der Waals surface area contributed by atoms with E-state index in [9.17, 15) is 10.2 Å². The van der Waals surface area contributed by atoms with Crippen molar-refractivity contribution < 1.29 is 24.4 Å². The Labute approximate surface area is 190 Å². The minimum absolute atomic E-state index is 0.103.